The Hall–Kier alpha value is -3.14. The Labute approximate surface area is 180 Å². The van der Waals surface area contributed by atoms with Crippen LogP contribution in [0.2, 0.25) is 0 Å². The topological polar surface area (TPSA) is 35.5 Å². The van der Waals surface area contributed by atoms with Gasteiger partial charge in [0.2, 0.25) is 6.79 Å². The third kappa shape index (κ3) is 2.42. The number of fused-ring (bicyclic) bond motifs is 4. The van der Waals surface area contributed by atoms with Gasteiger partial charge in [0.25, 0.3) is 0 Å². The van der Waals surface area contributed by atoms with Gasteiger partial charge in [0.05, 0.1) is 0 Å². The highest BCUT2D eigenvalue weighted by molar-refractivity contribution is 6.08. The predicted octanol–water partition coefficient (Wildman–Crippen LogP) is 5.71. The van der Waals surface area contributed by atoms with Crippen LogP contribution in [0.15, 0.2) is 71.8 Å². The number of allylic oxidation sites excluding steroid dienone is 5. The lowest BCUT2D eigenvalue weighted by atomic mass is 9.64. The molecular weight excluding hydrogens is 391 g/mol. The normalized spacial score (nSPS) is 28.0. The summed E-state index contributed by atoms with van der Waals surface area (Å²) in [4.78, 5) is 13.4. The van der Waals surface area contributed by atoms with Crippen molar-refractivity contribution in [2.45, 2.75) is 37.8 Å². The van der Waals surface area contributed by atoms with Crippen LogP contribution in [-0.2, 0) is 11.2 Å². The highest BCUT2D eigenvalue weighted by Gasteiger charge is 2.60. The van der Waals surface area contributed by atoms with Gasteiger partial charge < -0.3 is 9.47 Å². The number of hydrogen-bond acceptors (Lipinski definition) is 3. The van der Waals surface area contributed by atoms with Crippen LogP contribution < -0.4 is 9.47 Å². The molecule has 0 radical (unpaired) electrons. The quantitative estimate of drug-likeness (QED) is 0.604. The number of rotatable bonds is 3. The van der Waals surface area contributed by atoms with E-state index in [1.165, 1.54) is 11.1 Å². The molecule has 3 atom stereocenters. The van der Waals surface area contributed by atoms with Crippen molar-refractivity contribution in [3.8, 4) is 11.5 Å². The maximum absolute atomic E-state index is 16.8. The largest absolute Gasteiger partial charge is 0.454 e. The first-order valence-electron chi connectivity index (χ1n) is 10.8. The molecule has 0 aromatic heterocycles. The molecule has 1 heterocycles. The fourth-order valence-electron chi connectivity index (χ4n) is 6.12. The molecule has 0 fully saturated rings. The molecule has 0 N–H and O–H groups in total. The molecule has 4 aliphatic rings. The third-order valence-electron chi connectivity index (χ3n) is 7.45. The van der Waals surface area contributed by atoms with Gasteiger partial charge in [-0.15, -0.1) is 6.58 Å². The number of benzene rings is 2. The molecule has 2 aromatic carbocycles. The molecule has 0 spiro atoms. The Morgan fingerprint density at radius 3 is 2.84 bits per heavy atom. The number of halogens is 1. The highest BCUT2D eigenvalue weighted by atomic mass is 19.1. The van der Waals surface area contributed by atoms with Gasteiger partial charge in [-0.2, -0.15) is 0 Å². The van der Waals surface area contributed by atoms with Gasteiger partial charge in [-0.25, -0.2) is 4.39 Å². The Bertz CT molecular complexity index is 1220. The van der Waals surface area contributed by atoms with Crippen molar-refractivity contribution in [2.75, 3.05) is 6.79 Å². The fourth-order valence-corrected chi connectivity index (χ4v) is 6.12. The van der Waals surface area contributed by atoms with E-state index in [9.17, 15) is 4.79 Å². The summed E-state index contributed by atoms with van der Waals surface area (Å²) in [6, 6.07) is 14.0. The minimum absolute atomic E-state index is 0.141. The van der Waals surface area contributed by atoms with Gasteiger partial charge in [-0.1, -0.05) is 47.6 Å². The van der Waals surface area contributed by atoms with Gasteiger partial charge in [-0.3, -0.25) is 4.79 Å². The van der Waals surface area contributed by atoms with E-state index in [0.717, 1.165) is 28.7 Å². The first-order valence-corrected chi connectivity index (χ1v) is 10.8. The lowest BCUT2D eigenvalue weighted by Gasteiger charge is -2.40. The van der Waals surface area contributed by atoms with Crippen LogP contribution in [0, 0.1) is 5.92 Å². The second-order valence-electron chi connectivity index (χ2n) is 8.93. The summed E-state index contributed by atoms with van der Waals surface area (Å²) in [5, 5.41) is 0. The number of ketones is 1. The molecule has 0 amide bonds. The maximum atomic E-state index is 16.8. The summed E-state index contributed by atoms with van der Waals surface area (Å²) in [6.07, 6.45) is 3.03. The zero-order valence-electron chi connectivity index (χ0n) is 17.4. The molecular formula is C27H23FO3. The van der Waals surface area contributed by atoms with Crippen LogP contribution in [0.5, 0.6) is 11.5 Å². The maximum Gasteiger partial charge on any atom is 0.231 e. The Balaban J connectivity index is 1.57. The van der Waals surface area contributed by atoms with Gasteiger partial charge in [0.15, 0.2) is 23.0 Å². The molecule has 156 valence electrons. The minimum Gasteiger partial charge on any atom is -0.454 e. The second kappa shape index (κ2) is 6.43. The predicted molar refractivity (Wildman–Crippen MR) is 117 cm³/mol. The van der Waals surface area contributed by atoms with Crippen LogP contribution in [-0.4, -0.2) is 18.2 Å². The zero-order valence-corrected chi connectivity index (χ0v) is 17.4. The molecule has 0 saturated carbocycles. The molecule has 2 aromatic rings. The van der Waals surface area contributed by atoms with Crippen molar-refractivity contribution in [3.05, 3.63) is 88.5 Å². The SMILES string of the molecule is C=CCC1=C(C)C2C(c3ccc4c(c3)OCO4)C3=C(CC2(F)C1=O)c1ccccc1C3. The molecule has 4 heteroatoms. The highest BCUT2D eigenvalue weighted by Crippen LogP contribution is 2.61. The van der Waals surface area contributed by atoms with Crippen LogP contribution >= 0.6 is 0 Å². The monoisotopic (exact) mass is 414 g/mol. The van der Waals surface area contributed by atoms with Gasteiger partial charge in [0, 0.05) is 23.8 Å². The zero-order chi connectivity index (χ0) is 21.3. The molecule has 3 nitrogen and oxygen atoms in total. The standard InChI is InChI=1S/C27H23FO3/c1-3-6-18-15(2)25-24(17-9-10-22-23(12-17)31-14-30-22)20-11-16-7-4-5-8-19(16)21(20)13-27(25,28)26(18)29/h3-5,7-10,12,24-25H,1,6,11,13-14H2,2H3. The van der Waals surface area contributed by atoms with E-state index in [4.69, 9.17) is 9.47 Å². The molecule has 31 heavy (non-hydrogen) atoms. The van der Waals surface area contributed by atoms with Crippen LogP contribution in [0.1, 0.15) is 42.4 Å². The molecule has 1 aliphatic heterocycles. The molecule has 3 aliphatic carbocycles. The van der Waals surface area contributed by atoms with Crippen molar-refractivity contribution < 1.29 is 18.7 Å². The van der Waals surface area contributed by atoms with Gasteiger partial charge in [-0.05, 0) is 54.2 Å². The summed E-state index contributed by atoms with van der Waals surface area (Å²) in [5.74, 6) is 0.293. The Morgan fingerprint density at radius 2 is 2.00 bits per heavy atom. The Kier molecular flexibility index (Phi) is 3.86. The van der Waals surface area contributed by atoms with Crippen molar-refractivity contribution in [2.24, 2.45) is 5.92 Å². The molecule has 6 rings (SSSR count). The first kappa shape index (κ1) is 18.6. The summed E-state index contributed by atoms with van der Waals surface area (Å²) >= 11 is 0. The summed E-state index contributed by atoms with van der Waals surface area (Å²) in [6.45, 7) is 5.91. The van der Waals surface area contributed by atoms with Crippen molar-refractivity contribution in [3.63, 3.8) is 0 Å². The minimum atomic E-state index is -1.93. The number of Topliss-reactive ketones (excluding diaryl/α,β-unsaturated/α-hetero) is 1. The lowest BCUT2D eigenvalue weighted by molar-refractivity contribution is -0.127. The second-order valence-corrected chi connectivity index (χ2v) is 8.93. The van der Waals surface area contributed by atoms with E-state index >= 15 is 4.39 Å². The smallest absolute Gasteiger partial charge is 0.231 e. The van der Waals surface area contributed by atoms with E-state index in [-0.39, 0.29) is 24.9 Å². The van der Waals surface area contributed by atoms with E-state index in [0.29, 0.717) is 23.5 Å². The molecule has 0 saturated heterocycles. The van der Waals surface area contributed by atoms with Gasteiger partial charge >= 0.3 is 0 Å². The number of hydrogen-bond donors (Lipinski definition) is 0. The Morgan fingerprint density at radius 1 is 1.19 bits per heavy atom. The lowest BCUT2D eigenvalue weighted by Crippen LogP contribution is -2.44. The first-order chi connectivity index (χ1) is 15.0. The average molecular weight is 414 g/mol. The summed E-state index contributed by atoms with van der Waals surface area (Å²) < 4.78 is 27.9. The number of carbonyl (C=O) groups is 1. The van der Waals surface area contributed by atoms with Crippen molar-refractivity contribution in [1.29, 1.82) is 0 Å². The van der Waals surface area contributed by atoms with E-state index in [2.05, 4.69) is 18.7 Å². The van der Waals surface area contributed by atoms with E-state index in [1.807, 2.05) is 37.3 Å². The summed E-state index contributed by atoms with van der Waals surface area (Å²) in [5.41, 5.74) is 5.01. The number of ether oxygens (including phenoxy) is 2. The molecule has 3 unspecified atom stereocenters. The van der Waals surface area contributed by atoms with Crippen LogP contribution in [0.25, 0.3) is 5.57 Å². The van der Waals surface area contributed by atoms with E-state index in [1.54, 1.807) is 6.08 Å². The fraction of sp³-hybridized carbons (Fsp3) is 0.296. The third-order valence-corrected chi connectivity index (χ3v) is 7.45. The van der Waals surface area contributed by atoms with Crippen molar-refractivity contribution >= 4 is 11.4 Å². The van der Waals surface area contributed by atoms with Crippen LogP contribution in [0.4, 0.5) is 4.39 Å². The summed E-state index contributed by atoms with van der Waals surface area (Å²) in [7, 11) is 0. The van der Waals surface area contributed by atoms with Gasteiger partial charge in [0.1, 0.15) is 0 Å². The van der Waals surface area contributed by atoms with Crippen LogP contribution in [0.3, 0.4) is 0 Å². The van der Waals surface area contributed by atoms with Crippen molar-refractivity contribution in [1.82, 2.24) is 0 Å². The number of alkyl halides is 1. The molecule has 0 bridgehead atoms. The number of carbonyl (C=O) groups excluding carboxylic acids is 1. The van der Waals surface area contributed by atoms with E-state index < -0.39 is 11.6 Å². The average Bonchev–Trinajstić information content (AvgIpc) is 3.43.